The largest absolute Gasteiger partial charge is 0.475 e. The molecule has 1 aliphatic heterocycles. The van der Waals surface area contributed by atoms with Gasteiger partial charge in [0.05, 0.1) is 13.2 Å². The van der Waals surface area contributed by atoms with Crippen molar-refractivity contribution in [3.63, 3.8) is 0 Å². The van der Waals surface area contributed by atoms with Crippen LogP contribution in [-0.2, 0) is 4.74 Å². The van der Waals surface area contributed by atoms with E-state index >= 15 is 0 Å². The van der Waals surface area contributed by atoms with Gasteiger partial charge in [-0.25, -0.2) is 0 Å². The standard InChI is InChI=1S/C32H58N2O3/c1-5-7-9-11-13-15-17-24-33(3)31-22-26-35-27-23-32(37-30-21-19-20-29(28-30)36-31)34(4)25-18-16-14-12-10-8-6-2/h19-21,28,31-32H,5-18,22-27H2,1-4H3. The Morgan fingerprint density at radius 2 is 1.03 bits per heavy atom. The van der Waals surface area contributed by atoms with Crippen molar-refractivity contribution in [2.24, 2.45) is 0 Å². The van der Waals surface area contributed by atoms with Crippen molar-refractivity contribution >= 4 is 0 Å². The van der Waals surface area contributed by atoms with Crippen molar-refractivity contribution in [1.82, 2.24) is 9.80 Å². The zero-order chi connectivity index (χ0) is 26.6. The summed E-state index contributed by atoms with van der Waals surface area (Å²) >= 11 is 0. The number of hydrogen-bond acceptors (Lipinski definition) is 5. The molecule has 2 atom stereocenters. The molecule has 0 N–H and O–H groups in total. The van der Waals surface area contributed by atoms with Crippen LogP contribution in [0.5, 0.6) is 11.5 Å². The van der Waals surface area contributed by atoms with Gasteiger partial charge in [0.15, 0.2) is 12.5 Å². The van der Waals surface area contributed by atoms with Crippen LogP contribution in [0, 0.1) is 0 Å². The Kier molecular flexibility index (Phi) is 17.8. The van der Waals surface area contributed by atoms with Gasteiger partial charge in [0.25, 0.3) is 0 Å². The van der Waals surface area contributed by atoms with Gasteiger partial charge in [-0.15, -0.1) is 0 Å². The highest BCUT2D eigenvalue weighted by molar-refractivity contribution is 5.33. The number of hydrogen-bond donors (Lipinski definition) is 0. The Morgan fingerprint density at radius 1 is 0.622 bits per heavy atom. The third-order valence-corrected chi connectivity index (χ3v) is 7.58. The fourth-order valence-electron chi connectivity index (χ4n) is 5.07. The van der Waals surface area contributed by atoms with Crippen molar-refractivity contribution in [3.05, 3.63) is 24.3 Å². The average molecular weight is 519 g/mol. The predicted molar refractivity (Wildman–Crippen MR) is 157 cm³/mol. The fraction of sp³-hybridized carbons (Fsp3) is 0.812. The van der Waals surface area contributed by atoms with E-state index in [4.69, 9.17) is 14.2 Å². The number of fused-ring (bicyclic) bond motifs is 2. The molecule has 1 aliphatic rings. The molecule has 2 bridgehead atoms. The molecule has 0 spiro atoms. The summed E-state index contributed by atoms with van der Waals surface area (Å²) in [4.78, 5) is 4.71. The summed E-state index contributed by atoms with van der Waals surface area (Å²) in [6.45, 7) is 8.08. The van der Waals surface area contributed by atoms with Crippen molar-refractivity contribution in [1.29, 1.82) is 0 Å². The van der Waals surface area contributed by atoms with E-state index in [1.54, 1.807) is 0 Å². The highest BCUT2D eigenvalue weighted by atomic mass is 16.5. The van der Waals surface area contributed by atoms with Gasteiger partial charge in [0, 0.05) is 32.0 Å². The molecule has 5 heteroatoms. The van der Waals surface area contributed by atoms with Crippen molar-refractivity contribution in [2.75, 3.05) is 40.4 Å². The molecule has 2 rings (SSSR count). The first-order valence-corrected chi connectivity index (χ1v) is 15.6. The second kappa shape index (κ2) is 20.6. The molecule has 1 aromatic carbocycles. The Labute approximate surface area is 229 Å². The molecule has 0 aromatic heterocycles. The maximum Gasteiger partial charge on any atom is 0.154 e. The number of benzene rings is 1. The van der Waals surface area contributed by atoms with Crippen LogP contribution in [0.3, 0.4) is 0 Å². The van der Waals surface area contributed by atoms with E-state index in [0.29, 0.717) is 13.2 Å². The average Bonchev–Trinajstić information content (AvgIpc) is 2.90. The number of ether oxygens (including phenoxy) is 3. The molecular formula is C32H58N2O3. The van der Waals surface area contributed by atoms with Gasteiger partial charge in [0.1, 0.15) is 11.5 Å². The first-order valence-electron chi connectivity index (χ1n) is 15.6. The zero-order valence-corrected chi connectivity index (χ0v) is 24.7. The van der Waals surface area contributed by atoms with Crippen LogP contribution in [0.15, 0.2) is 24.3 Å². The van der Waals surface area contributed by atoms with Crippen LogP contribution in [0.1, 0.15) is 117 Å². The van der Waals surface area contributed by atoms with E-state index in [1.807, 2.05) is 18.2 Å². The number of nitrogens with zero attached hydrogens (tertiary/aromatic N) is 2. The molecule has 1 aromatic rings. The molecule has 2 unspecified atom stereocenters. The minimum absolute atomic E-state index is 0.0190. The van der Waals surface area contributed by atoms with E-state index in [1.165, 1.54) is 89.9 Å². The Balaban J connectivity index is 1.84. The second-order valence-electron chi connectivity index (χ2n) is 11.0. The molecule has 0 aliphatic carbocycles. The summed E-state index contributed by atoms with van der Waals surface area (Å²) in [6.07, 6.45) is 20.4. The van der Waals surface area contributed by atoms with E-state index in [9.17, 15) is 0 Å². The van der Waals surface area contributed by atoms with Gasteiger partial charge in [-0.2, -0.15) is 0 Å². The number of rotatable bonds is 18. The molecule has 1 heterocycles. The van der Waals surface area contributed by atoms with Crippen LogP contribution in [0.25, 0.3) is 0 Å². The second-order valence-corrected chi connectivity index (χ2v) is 11.0. The van der Waals surface area contributed by atoms with Crippen LogP contribution >= 0.6 is 0 Å². The quantitative estimate of drug-likeness (QED) is 0.183. The predicted octanol–water partition coefficient (Wildman–Crippen LogP) is 8.27. The van der Waals surface area contributed by atoms with Crippen LogP contribution in [0.4, 0.5) is 0 Å². The van der Waals surface area contributed by atoms with E-state index < -0.39 is 0 Å². The fourth-order valence-corrected chi connectivity index (χ4v) is 5.07. The van der Waals surface area contributed by atoms with Crippen molar-refractivity contribution in [3.8, 4) is 11.5 Å². The summed E-state index contributed by atoms with van der Waals surface area (Å²) in [6, 6.07) is 8.20. The van der Waals surface area contributed by atoms with Gasteiger partial charge in [0.2, 0.25) is 0 Å². The number of unbranched alkanes of at least 4 members (excludes halogenated alkanes) is 12. The molecule has 0 amide bonds. The molecular weight excluding hydrogens is 460 g/mol. The monoisotopic (exact) mass is 518 g/mol. The smallest absolute Gasteiger partial charge is 0.154 e. The maximum atomic E-state index is 6.47. The lowest BCUT2D eigenvalue weighted by Gasteiger charge is -2.31. The lowest BCUT2D eigenvalue weighted by molar-refractivity contribution is -0.0157. The molecule has 0 saturated heterocycles. The van der Waals surface area contributed by atoms with Gasteiger partial charge in [-0.1, -0.05) is 97.0 Å². The van der Waals surface area contributed by atoms with Gasteiger partial charge in [-0.3, -0.25) is 9.80 Å². The molecule has 0 radical (unpaired) electrons. The first kappa shape index (κ1) is 31.9. The normalized spacial score (nSPS) is 18.8. The molecule has 0 fully saturated rings. The van der Waals surface area contributed by atoms with Crippen LogP contribution in [0.2, 0.25) is 0 Å². The molecule has 37 heavy (non-hydrogen) atoms. The Hall–Kier alpha value is -1.30. The lowest BCUT2D eigenvalue weighted by Crippen LogP contribution is -2.40. The third-order valence-electron chi connectivity index (χ3n) is 7.58. The third kappa shape index (κ3) is 14.4. The Bertz CT molecular complexity index is 620. The SMILES string of the molecule is CCCCCCCCCN(C)C1CCOCCC(N(C)CCCCCCCCC)Oc2cccc(c2)O1. The minimum Gasteiger partial charge on any atom is -0.475 e. The van der Waals surface area contributed by atoms with Crippen LogP contribution < -0.4 is 9.47 Å². The van der Waals surface area contributed by atoms with Gasteiger partial charge in [-0.05, 0) is 39.1 Å². The summed E-state index contributed by atoms with van der Waals surface area (Å²) in [5, 5.41) is 0. The summed E-state index contributed by atoms with van der Waals surface area (Å²) in [7, 11) is 4.37. The highest BCUT2D eigenvalue weighted by Gasteiger charge is 2.20. The van der Waals surface area contributed by atoms with Crippen LogP contribution in [-0.4, -0.2) is 62.7 Å². The molecule has 0 saturated carbocycles. The van der Waals surface area contributed by atoms with Crippen molar-refractivity contribution < 1.29 is 14.2 Å². The first-order chi connectivity index (χ1) is 18.1. The minimum atomic E-state index is 0.0190. The topological polar surface area (TPSA) is 34.2 Å². The van der Waals surface area contributed by atoms with Gasteiger partial charge >= 0.3 is 0 Å². The Morgan fingerprint density at radius 3 is 1.46 bits per heavy atom. The summed E-state index contributed by atoms with van der Waals surface area (Å²) in [5.41, 5.74) is 0. The van der Waals surface area contributed by atoms with E-state index in [2.05, 4.69) is 43.8 Å². The van der Waals surface area contributed by atoms with Gasteiger partial charge < -0.3 is 14.2 Å². The highest BCUT2D eigenvalue weighted by Crippen LogP contribution is 2.25. The zero-order valence-electron chi connectivity index (χ0n) is 24.7. The molecule has 5 nitrogen and oxygen atoms in total. The molecule has 214 valence electrons. The summed E-state index contributed by atoms with van der Waals surface area (Å²) < 4.78 is 19.0. The van der Waals surface area contributed by atoms with E-state index in [0.717, 1.165) is 37.4 Å². The van der Waals surface area contributed by atoms with E-state index in [-0.39, 0.29) is 12.5 Å². The summed E-state index contributed by atoms with van der Waals surface area (Å²) in [5.74, 6) is 1.76. The lowest BCUT2D eigenvalue weighted by atomic mass is 10.1. The maximum absolute atomic E-state index is 6.47. The van der Waals surface area contributed by atoms with Crippen molar-refractivity contribution in [2.45, 2.75) is 129 Å².